The van der Waals surface area contributed by atoms with Gasteiger partial charge in [-0.25, -0.2) is 9.59 Å². The van der Waals surface area contributed by atoms with Gasteiger partial charge < -0.3 is 24.4 Å². The van der Waals surface area contributed by atoms with Gasteiger partial charge in [-0.15, -0.1) is 0 Å². The average Bonchev–Trinajstić information content (AvgIpc) is 2.81. The first kappa shape index (κ1) is 23.9. The van der Waals surface area contributed by atoms with Gasteiger partial charge in [0.25, 0.3) is 0 Å². The van der Waals surface area contributed by atoms with E-state index in [4.69, 9.17) is 14.2 Å². The van der Waals surface area contributed by atoms with E-state index < -0.39 is 12.0 Å². The molecular weight excluding hydrogens is 412 g/mol. The predicted molar refractivity (Wildman–Crippen MR) is 121 cm³/mol. The summed E-state index contributed by atoms with van der Waals surface area (Å²) < 4.78 is 16.4. The van der Waals surface area contributed by atoms with Gasteiger partial charge in [0, 0.05) is 51.0 Å². The molecule has 176 valence electrons. The van der Waals surface area contributed by atoms with Gasteiger partial charge in [0.2, 0.25) is 0 Å². The number of hydrogen-bond acceptors (Lipinski definition) is 7. The largest absolute Gasteiger partial charge is 0.497 e. The van der Waals surface area contributed by atoms with Crippen LogP contribution >= 0.6 is 0 Å². The highest BCUT2D eigenvalue weighted by Gasteiger charge is 2.39. The standard InChI is InChI=1S/C23H34N4O5/c1-6-26-10-12-27(13-11-26)15-18-20(22(28)32-7-2)21(24-23(29)25(18)3)17-14-16(30-4)8-9-19(17)31-5/h8-9,14,21H,6-7,10-13,15H2,1-5H3,(H,24,29)/t21-/m0/s1. The van der Waals surface area contributed by atoms with Crippen molar-refractivity contribution in [3.63, 3.8) is 0 Å². The van der Waals surface area contributed by atoms with Crippen molar-refractivity contribution in [1.29, 1.82) is 0 Å². The first-order chi connectivity index (χ1) is 15.4. The van der Waals surface area contributed by atoms with Crippen LogP contribution in [0.1, 0.15) is 25.5 Å². The van der Waals surface area contributed by atoms with Crippen molar-refractivity contribution < 1.29 is 23.8 Å². The fourth-order valence-corrected chi connectivity index (χ4v) is 4.17. The lowest BCUT2D eigenvalue weighted by molar-refractivity contribution is -0.139. The Morgan fingerprint density at radius 3 is 2.38 bits per heavy atom. The van der Waals surface area contributed by atoms with Gasteiger partial charge in [0.15, 0.2) is 0 Å². The van der Waals surface area contributed by atoms with Crippen molar-refractivity contribution in [3.05, 3.63) is 35.0 Å². The van der Waals surface area contributed by atoms with Crippen molar-refractivity contribution >= 4 is 12.0 Å². The van der Waals surface area contributed by atoms with Crippen LogP contribution in [0.3, 0.4) is 0 Å². The zero-order valence-corrected chi connectivity index (χ0v) is 19.6. The zero-order chi connectivity index (χ0) is 23.3. The normalized spacial score (nSPS) is 20.2. The van der Waals surface area contributed by atoms with E-state index in [1.165, 1.54) is 4.90 Å². The molecule has 1 saturated heterocycles. The molecule has 0 unspecified atom stereocenters. The van der Waals surface area contributed by atoms with Gasteiger partial charge in [0.1, 0.15) is 11.5 Å². The molecule has 0 aromatic heterocycles. The summed E-state index contributed by atoms with van der Waals surface area (Å²) in [7, 11) is 4.82. The van der Waals surface area contributed by atoms with E-state index in [-0.39, 0.29) is 12.6 Å². The molecule has 1 aromatic carbocycles. The summed E-state index contributed by atoms with van der Waals surface area (Å²) in [6, 6.07) is 4.34. The van der Waals surface area contributed by atoms with Crippen molar-refractivity contribution in [3.8, 4) is 11.5 Å². The number of hydrogen-bond donors (Lipinski definition) is 1. The highest BCUT2D eigenvalue weighted by Crippen LogP contribution is 2.37. The lowest BCUT2D eigenvalue weighted by Gasteiger charge is -2.39. The van der Waals surface area contributed by atoms with E-state index in [1.54, 1.807) is 46.4 Å². The molecule has 0 saturated carbocycles. The van der Waals surface area contributed by atoms with E-state index in [0.29, 0.717) is 34.9 Å². The minimum atomic E-state index is -0.713. The van der Waals surface area contributed by atoms with Crippen molar-refractivity contribution in [1.82, 2.24) is 20.0 Å². The highest BCUT2D eigenvalue weighted by molar-refractivity contribution is 5.95. The van der Waals surface area contributed by atoms with Gasteiger partial charge in [-0.3, -0.25) is 9.80 Å². The number of rotatable bonds is 8. The molecule has 0 spiro atoms. The lowest BCUT2D eigenvalue weighted by atomic mass is 9.93. The van der Waals surface area contributed by atoms with E-state index in [1.807, 2.05) is 0 Å². The number of piperazine rings is 1. The first-order valence-electron chi connectivity index (χ1n) is 11.0. The third kappa shape index (κ3) is 4.99. The number of esters is 1. The fourth-order valence-electron chi connectivity index (χ4n) is 4.17. The molecule has 2 aliphatic rings. The maximum atomic E-state index is 13.2. The molecule has 9 heteroatoms. The second-order valence-electron chi connectivity index (χ2n) is 7.84. The average molecular weight is 447 g/mol. The van der Waals surface area contributed by atoms with E-state index in [2.05, 4.69) is 22.0 Å². The first-order valence-corrected chi connectivity index (χ1v) is 11.0. The highest BCUT2D eigenvalue weighted by atomic mass is 16.5. The SMILES string of the molecule is CCOC(=O)C1=C(CN2CCN(CC)CC2)N(C)C(=O)N[C@H]1c1cc(OC)ccc1OC. The predicted octanol–water partition coefficient (Wildman–Crippen LogP) is 1.85. The van der Waals surface area contributed by atoms with E-state index in [9.17, 15) is 9.59 Å². The minimum absolute atomic E-state index is 0.240. The molecule has 2 amide bonds. The third-order valence-electron chi connectivity index (χ3n) is 6.11. The molecule has 1 aromatic rings. The molecule has 0 radical (unpaired) electrons. The summed E-state index contributed by atoms with van der Waals surface area (Å²) in [6.07, 6.45) is 0. The Balaban J connectivity index is 2.06. The summed E-state index contributed by atoms with van der Waals surface area (Å²) in [4.78, 5) is 32.3. The maximum absolute atomic E-state index is 13.2. The summed E-state index contributed by atoms with van der Waals surface area (Å²) in [5, 5.41) is 2.95. The Morgan fingerprint density at radius 1 is 1.09 bits per heavy atom. The van der Waals surface area contributed by atoms with Gasteiger partial charge in [0.05, 0.1) is 32.4 Å². The fraction of sp³-hybridized carbons (Fsp3) is 0.565. The van der Waals surface area contributed by atoms with Gasteiger partial charge >= 0.3 is 12.0 Å². The van der Waals surface area contributed by atoms with Crippen LogP contribution in [0.25, 0.3) is 0 Å². The monoisotopic (exact) mass is 446 g/mol. The summed E-state index contributed by atoms with van der Waals surface area (Å²) in [5.41, 5.74) is 1.70. The number of likely N-dealkylation sites (N-methyl/N-ethyl adjacent to an activating group) is 2. The number of methoxy groups -OCH3 is 2. The summed E-state index contributed by atoms with van der Waals surface area (Å²) >= 11 is 0. The maximum Gasteiger partial charge on any atom is 0.338 e. The number of benzene rings is 1. The molecule has 3 rings (SSSR count). The van der Waals surface area contributed by atoms with Crippen LogP contribution < -0.4 is 14.8 Å². The van der Waals surface area contributed by atoms with Crippen molar-refractivity contribution in [2.75, 3.05) is 67.1 Å². The third-order valence-corrected chi connectivity index (χ3v) is 6.11. The van der Waals surface area contributed by atoms with Crippen LogP contribution in [-0.2, 0) is 9.53 Å². The number of urea groups is 1. The smallest absolute Gasteiger partial charge is 0.338 e. The Morgan fingerprint density at radius 2 is 1.78 bits per heavy atom. The van der Waals surface area contributed by atoms with Crippen molar-refractivity contribution in [2.45, 2.75) is 19.9 Å². The Labute approximate surface area is 189 Å². The Kier molecular flexibility index (Phi) is 7.98. The second-order valence-corrected chi connectivity index (χ2v) is 7.84. The molecule has 0 aliphatic carbocycles. The minimum Gasteiger partial charge on any atom is -0.497 e. The van der Waals surface area contributed by atoms with Gasteiger partial charge in [-0.05, 0) is 31.7 Å². The van der Waals surface area contributed by atoms with E-state index in [0.717, 1.165) is 32.7 Å². The molecule has 2 aliphatic heterocycles. The number of nitrogens with zero attached hydrogens (tertiary/aromatic N) is 3. The number of nitrogens with one attached hydrogen (secondary N) is 1. The van der Waals surface area contributed by atoms with Crippen LogP contribution in [0.2, 0.25) is 0 Å². The van der Waals surface area contributed by atoms with E-state index >= 15 is 0 Å². The molecule has 2 heterocycles. The van der Waals surface area contributed by atoms with Crippen LogP contribution in [0.4, 0.5) is 4.79 Å². The molecule has 1 fully saturated rings. The van der Waals surface area contributed by atoms with Gasteiger partial charge in [-0.1, -0.05) is 6.92 Å². The van der Waals surface area contributed by atoms with Crippen LogP contribution in [0.5, 0.6) is 11.5 Å². The zero-order valence-electron chi connectivity index (χ0n) is 19.6. The number of carbonyl (C=O) groups is 2. The van der Waals surface area contributed by atoms with Crippen LogP contribution in [0.15, 0.2) is 29.5 Å². The molecule has 0 bridgehead atoms. The summed E-state index contributed by atoms with van der Waals surface area (Å²) in [5.74, 6) is 0.712. The topological polar surface area (TPSA) is 83.6 Å². The Bertz CT molecular complexity index is 864. The Hall–Kier alpha value is -2.78. The number of carbonyl (C=O) groups excluding carboxylic acids is 2. The van der Waals surface area contributed by atoms with Gasteiger partial charge in [-0.2, -0.15) is 0 Å². The number of ether oxygens (including phenoxy) is 3. The van der Waals surface area contributed by atoms with Crippen LogP contribution in [-0.4, -0.2) is 93.8 Å². The lowest BCUT2D eigenvalue weighted by Crippen LogP contribution is -2.52. The molecule has 9 nitrogen and oxygen atoms in total. The molecular formula is C23H34N4O5. The molecule has 1 N–H and O–H groups in total. The second kappa shape index (κ2) is 10.7. The summed E-state index contributed by atoms with van der Waals surface area (Å²) in [6.45, 7) is 9.33. The quantitative estimate of drug-likeness (QED) is 0.610. The molecule has 1 atom stereocenters. The van der Waals surface area contributed by atoms with Crippen molar-refractivity contribution in [2.24, 2.45) is 0 Å². The molecule has 32 heavy (non-hydrogen) atoms. The van der Waals surface area contributed by atoms with Crippen LogP contribution in [0, 0.1) is 0 Å². The number of amides is 2.